The van der Waals surface area contributed by atoms with Gasteiger partial charge in [-0.25, -0.2) is 4.98 Å². The Labute approximate surface area is 184 Å². The standard InChI is InChI=1S/C23H34N6O2/c1-17-6-13-28(26-17)14-9-22(30)27-11-7-19(8-12-27)21-5-3-4-10-29(21)23(31)20-16-24-18(2)15-25-20/h15-16,19,21H,3-14H2,1-2H3/t21-/m1/s1. The van der Waals surface area contributed by atoms with Crippen molar-refractivity contribution in [1.82, 2.24) is 24.8 Å². The fourth-order valence-electron chi connectivity index (χ4n) is 5.06. The van der Waals surface area contributed by atoms with Gasteiger partial charge >= 0.3 is 0 Å². The van der Waals surface area contributed by atoms with Gasteiger partial charge in [0.1, 0.15) is 5.69 Å². The van der Waals surface area contributed by atoms with E-state index in [0.717, 1.165) is 76.1 Å². The van der Waals surface area contributed by atoms with Gasteiger partial charge in [0.15, 0.2) is 0 Å². The molecule has 8 heteroatoms. The van der Waals surface area contributed by atoms with E-state index >= 15 is 0 Å². The smallest absolute Gasteiger partial charge is 0.274 e. The third-order valence-electron chi connectivity index (χ3n) is 6.87. The summed E-state index contributed by atoms with van der Waals surface area (Å²) in [5, 5.41) is 6.48. The van der Waals surface area contributed by atoms with Crippen molar-refractivity contribution in [1.29, 1.82) is 0 Å². The SMILES string of the molecule is CC1=NN(CCC(=O)N2CCC([C@H]3CCCCN3C(=O)c3cnc(C)cn3)CC2)CC1. The second kappa shape index (κ2) is 9.75. The number of aryl methyl sites for hydroxylation is 1. The molecule has 0 unspecified atom stereocenters. The molecule has 2 saturated heterocycles. The number of carbonyl (C=O) groups is 2. The fraction of sp³-hybridized carbons (Fsp3) is 0.696. The summed E-state index contributed by atoms with van der Waals surface area (Å²) in [5.74, 6) is 0.666. The first-order chi connectivity index (χ1) is 15.0. The Kier molecular flexibility index (Phi) is 6.83. The lowest BCUT2D eigenvalue weighted by atomic mass is 9.83. The van der Waals surface area contributed by atoms with Crippen LogP contribution in [0.2, 0.25) is 0 Å². The molecular formula is C23H34N6O2. The first-order valence-corrected chi connectivity index (χ1v) is 11.7. The molecule has 4 rings (SSSR count). The fourth-order valence-corrected chi connectivity index (χ4v) is 5.06. The molecule has 4 heterocycles. The number of nitrogens with zero attached hydrogens (tertiary/aromatic N) is 6. The van der Waals surface area contributed by atoms with Crippen LogP contribution in [-0.4, -0.2) is 81.1 Å². The van der Waals surface area contributed by atoms with Gasteiger partial charge < -0.3 is 9.80 Å². The number of carbonyl (C=O) groups excluding carboxylic acids is 2. The van der Waals surface area contributed by atoms with Crippen LogP contribution in [0.15, 0.2) is 17.5 Å². The molecule has 2 fully saturated rings. The molecule has 3 aliphatic heterocycles. The molecule has 1 aromatic heterocycles. The lowest BCUT2D eigenvalue weighted by Gasteiger charge is -2.43. The van der Waals surface area contributed by atoms with Crippen LogP contribution < -0.4 is 0 Å². The highest BCUT2D eigenvalue weighted by atomic mass is 16.2. The molecule has 1 atom stereocenters. The third-order valence-corrected chi connectivity index (χ3v) is 6.87. The highest BCUT2D eigenvalue weighted by Gasteiger charge is 2.36. The Morgan fingerprint density at radius 2 is 1.81 bits per heavy atom. The molecule has 0 saturated carbocycles. The van der Waals surface area contributed by atoms with Crippen molar-refractivity contribution in [2.75, 3.05) is 32.7 Å². The summed E-state index contributed by atoms with van der Waals surface area (Å²) >= 11 is 0. The molecule has 168 valence electrons. The summed E-state index contributed by atoms with van der Waals surface area (Å²) in [6.45, 7) is 7.91. The minimum Gasteiger partial charge on any atom is -0.343 e. The second-order valence-electron chi connectivity index (χ2n) is 9.11. The van der Waals surface area contributed by atoms with E-state index in [-0.39, 0.29) is 17.9 Å². The van der Waals surface area contributed by atoms with E-state index in [0.29, 0.717) is 24.6 Å². The summed E-state index contributed by atoms with van der Waals surface area (Å²) in [6.07, 6.45) is 9.94. The average molecular weight is 427 g/mol. The molecule has 8 nitrogen and oxygen atoms in total. The Bertz CT molecular complexity index is 816. The van der Waals surface area contributed by atoms with Crippen LogP contribution in [0.25, 0.3) is 0 Å². The van der Waals surface area contributed by atoms with E-state index in [1.807, 2.05) is 28.7 Å². The van der Waals surface area contributed by atoms with Gasteiger partial charge in [-0.2, -0.15) is 5.10 Å². The van der Waals surface area contributed by atoms with Crippen molar-refractivity contribution in [3.05, 3.63) is 23.8 Å². The highest BCUT2D eigenvalue weighted by Crippen LogP contribution is 2.31. The van der Waals surface area contributed by atoms with Gasteiger partial charge in [-0.15, -0.1) is 0 Å². The number of hydrazone groups is 1. The van der Waals surface area contributed by atoms with E-state index in [2.05, 4.69) is 15.1 Å². The van der Waals surface area contributed by atoms with Crippen molar-refractivity contribution in [3.8, 4) is 0 Å². The van der Waals surface area contributed by atoms with E-state index < -0.39 is 0 Å². The quantitative estimate of drug-likeness (QED) is 0.722. The molecule has 1 aromatic rings. The van der Waals surface area contributed by atoms with Crippen LogP contribution in [0.1, 0.15) is 68.1 Å². The van der Waals surface area contributed by atoms with E-state index in [4.69, 9.17) is 0 Å². The molecule has 3 aliphatic rings. The van der Waals surface area contributed by atoms with Crippen LogP contribution in [0.4, 0.5) is 0 Å². The van der Waals surface area contributed by atoms with Crippen molar-refractivity contribution in [3.63, 3.8) is 0 Å². The summed E-state index contributed by atoms with van der Waals surface area (Å²) in [4.78, 5) is 38.4. The zero-order valence-electron chi connectivity index (χ0n) is 18.8. The van der Waals surface area contributed by atoms with Crippen molar-refractivity contribution < 1.29 is 9.59 Å². The van der Waals surface area contributed by atoms with E-state index in [1.165, 1.54) is 0 Å². The summed E-state index contributed by atoms with van der Waals surface area (Å²) < 4.78 is 0. The van der Waals surface area contributed by atoms with E-state index in [1.54, 1.807) is 12.4 Å². The maximum absolute atomic E-state index is 13.1. The largest absolute Gasteiger partial charge is 0.343 e. The Morgan fingerprint density at radius 1 is 1.00 bits per heavy atom. The first-order valence-electron chi connectivity index (χ1n) is 11.7. The normalized spacial score (nSPS) is 22.6. The number of aromatic nitrogens is 2. The lowest BCUT2D eigenvalue weighted by molar-refractivity contribution is -0.133. The zero-order valence-corrected chi connectivity index (χ0v) is 18.8. The molecule has 0 radical (unpaired) electrons. The maximum atomic E-state index is 13.1. The second-order valence-corrected chi connectivity index (χ2v) is 9.11. The molecule has 0 bridgehead atoms. The minimum absolute atomic E-state index is 0.00262. The predicted molar refractivity (Wildman–Crippen MR) is 119 cm³/mol. The number of amides is 2. The van der Waals surface area contributed by atoms with Crippen molar-refractivity contribution >= 4 is 17.5 Å². The van der Waals surface area contributed by atoms with Crippen LogP contribution >= 0.6 is 0 Å². The van der Waals surface area contributed by atoms with Gasteiger partial charge in [-0.3, -0.25) is 19.6 Å². The molecular weight excluding hydrogens is 392 g/mol. The van der Waals surface area contributed by atoms with Gasteiger partial charge in [-0.1, -0.05) is 0 Å². The van der Waals surface area contributed by atoms with E-state index in [9.17, 15) is 9.59 Å². The van der Waals surface area contributed by atoms with Gasteiger partial charge in [0.05, 0.1) is 11.9 Å². The lowest BCUT2D eigenvalue weighted by Crippen LogP contribution is -2.51. The van der Waals surface area contributed by atoms with Gasteiger partial charge in [-0.05, 0) is 51.9 Å². The first kappa shape index (κ1) is 21.7. The molecule has 31 heavy (non-hydrogen) atoms. The molecule has 0 spiro atoms. The molecule has 0 N–H and O–H groups in total. The predicted octanol–water partition coefficient (Wildman–Crippen LogP) is 2.49. The third kappa shape index (κ3) is 5.22. The topological polar surface area (TPSA) is 82.0 Å². The summed E-state index contributed by atoms with van der Waals surface area (Å²) in [5.41, 5.74) is 2.40. The Hall–Kier alpha value is -2.51. The number of hydrogen-bond donors (Lipinski definition) is 0. The molecule has 0 aromatic carbocycles. The number of rotatable bonds is 5. The van der Waals surface area contributed by atoms with Crippen LogP contribution in [-0.2, 0) is 4.79 Å². The van der Waals surface area contributed by atoms with Crippen LogP contribution in [0.3, 0.4) is 0 Å². The zero-order chi connectivity index (χ0) is 21.8. The van der Waals surface area contributed by atoms with Gasteiger partial charge in [0, 0.05) is 63.5 Å². The van der Waals surface area contributed by atoms with Crippen molar-refractivity contribution in [2.24, 2.45) is 11.0 Å². The van der Waals surface area contributed by atoms with Crippen LogP contribution in [0, 0.1) is 12.8 Å². The van der Waals surface area contributed by atoms with Crippen molar-refractivity contribution in [2.45, 2.75) is 64.8 Å². The Balaban J connectivity index is 1.30. The molecule has 2 amide bonds. The highest BCUT2D eigenvalue weighted by molar-refractivity contribution is 5.92. The number of likely N-dealkylation sites (tertiary alicyclic amines) is 2. The monoisotopic (exact) mass is 426 g/mol. The average Bonchev–Trinajstić information content (AvgIpc) is 3.23. The van der Waals surface area contributed by atoms with Crippen LogP contribution in [0.5, 0.6) is 0 Å². The van der Waals surface area contributed by atoms with Gasteiger partial charge in [0.25, 0.3) is 5.91 Å². The number of piperidine rings is 2. The Morgan fingerprint density at radius 3 is 2.48 bits per heavy atom. The minimum atomic E-state index is -0.00262. The number of hydrogen-bond acceptors (Lipinski definition) is 6. The summed E-state index contributed by atoms with van der Waals surface area (Å²) in [6, 6.07) is 0.239. The molecule has 0 aliphatic carbocycles. The van der Waals surface area contributed by atoms with Gasteiger partial charge in [0.2, 0.25) is 5.91 Å². The maximum Gasteiger partial charge on any atom is 0.274 e. The summed E-state index contributed by atoms with van der Waals surface area (Å²) in [7, 11) is 0.